The molecule has 11 nitrogen and oxygen atoms in total. The van der Waals surface area contributed by atoms with Crippen LogP contribution in [0.2, 0.25) is 0 Å². The molecule has 6 unspecified atom stereocenters. The minimum absolute atomic E-state index is 0.0362. The molecular formula is C38H51F5N4O7S. The van der Waals surface area contributed by atoms with Crippen molar-refractivity contribution < 1.29 is 54.6 Å². The number of sulfone groups is 1. The van der Waals surface area contributed by atoms with Gasteiger partial charge < -0.3 is 25.8 Å². The Hall–Kier alpha value is -3.83. The molecule has 1 saturated carbocycles. The molecule has 3 amide bonds. The number of aliphatic hydroxyl groups is 1. The van der Waals surface area contributed by atoms with Gasteiger partial charge in [-0.15, -0.1) is 0 Å². The highest BCUT2D eigenvalue weighted by molar-refractivity contribution is 7.92. The van der Waals surface area contributed by atoms with Crippen LogP contribution in [0.3, 0.4) is 0 Å². The molecule has 2 aromatic rings. The number of nitrogens with zero attached hydrogens (tertiary/aromatic N) is 1. The number of nitrogens with one attached hydrogen (secondary N) is 3. The molecule has 0 aromatic heterocycles. The molecule has 4 rings (SSSR count). The summed E-state index contributed by atoms with van der Waals surface area (Å²) in [6.45, 7) is 7.05. The number of rotatable bonds is 14. The fraction of sp³-hybridized carbons (Fsp3) is 0.605. The summed E-state index contributed by atoms with van der Waals surface area (Å²) < 4.78 is 97.9. The first kappa shape index (κ1) is 43.9. The number of hydrogen-bond acceptors (Lipinski definition) is 8. The summed E-state index contributed by atoms with van der Waals surface area (Å²) in [5.74, 6) is -15.4. The van der Waals surface area contributed by atoms with Gasteiger partial charge in [0, 0.05) is 24.9 Å². The minimum atomic E-state index is -4.16. The van der Waals surface area contributed by atoms with E-state index in [0.29, 0.717) is 30.4 Å². The van der Waals surface area contributed by atoms with Crippen molar-refractivity contribution in [1.82, 2.24) is 20.9 Å². The number of carbonyl (C=O) groups is 3. The van der Waals surface area contributed by atoms with E-state index in [2.05, 4.69) is 20.7 Å². The number of hydrogen-bond donors (Lipinski definition) is 4. The largest absolute Gasteiger partial charge is 0.477 e. The lowest BCUT2D eigenvalue weighted by molar-refractivity contribution is -0.133. The van der Waals surface area contributed by atoms with Crippen LogP contribution in [-0.2, 0) is 30.6 Å². The molecule has 0 spiro atoms. The average molecular weight is 803 g/mol. The number of fused-ring (bicyclic) bond motifs is 1. The van der Waals surface area contributed by atoms with E-state index in [1.54, 1.807) is 30.3 Å². The van der Waals surface area contributed by atoms with Gasteiger partial charge in [-0.2, -0.15) is 8.78 Å². The van der Waals surface area contributed by atoms with Gasteiger partial charge in [0.15, 0.2) is 22.2 Å². The second kappa shape index (κ2) is 17.5. The van der Waals surface area contributed by atoms with Crippen LogP contribution in [-0.4, -0.2) is 96.6 Å². The topological polar surface area (TPSA) is 154 Å². The maximum Gasteiger partial charge on any atom is 0.258 e. The molecular weight excluding hydrogens is 751 g/mol. The predicted molar refractivity (Wildman–Crippen MR) is 194 cm³/mol. The van der Waals surface area contributed by atoms with Crippen LogP contribution in [0.5, 0.6) is 5.75 Å². The number of β-amino-alcohol motifs (C(OH)–C–C–N with tert-alkyl or cyclic N) is 1. The molecule has 0 bridgehead atoms. The fourth-order valence-corrected chi connectivity index (χ4v) is 7.83. The lowest BCUT2D eigenvalue weighted by atomic mass is 9.72. The first-order chi connectivity index (χ1) is 25.5. The second-order valence-electron chi connectivity index (χ2n) is 16.2. The molecule has 4 N–H and O–H groups in total. The number of piperidine rings is 1. The highest BCUT2D eigenvalue weighted by atomic mass is 32.2. The Morgan fingerprint density at radius 2 is 1.45 bits per heavy atom. The zero-order valence-corrected chi connectivity index (χ0v) is 32.7. The van der Waals surface area contributed by atoms with E-state index in [-0.39, 0.29) is 18.9 Å². The monoisotopic (exact) mass is 802 g/mol. The van der Waals surface area contributed by atoms with Gasteiger partial charge >= 0.3 is 0 Å². The molecule has 17 heteroatoms. The van der Waals surface area contributed by atoms with Crippen molar-refractivity contribution in [2.24, 2.45) is 11.8 Å². The van der Waals surface area contributed by atoms with Gasteiger partial charge in [-0.3, -0.25) is 19.3 Å². The first-order valence-electron chi connectivity index (χ1n) is 18.2. The zero-order valence-electron chi connectivity index (χ0n) is 31.9. The van der Waals surface area contributed by atoms with Crippen LogP contribution in [0.4, 0.5) is 22.0 Å². The minimum Gasteiger partial charge on any atom is -0.477 e. The van der Waals surface area contributed by atoms with Gasteiger partial charge in [-0.1, -0.05) is 49.6 Å². The Kier molecular flexibility index (Phi) is 14.0. The van der Waals surface area contributed by atoms with Crippen LogP contribution in [0.15, 0.2) is 30.3 Å². The highest BCUT2D eigenvalue weighted by Gasteiger charge is 2.46. The third kappa shape index (κ3) is 10.7. The molecule has 2 aliphatic rings. The lowest BCUT2D eigenvalue weighted by Gasteiger charge is -2.47. The van der Waals surface area contributed by atoms with Gasteiger partial charge in [0.25, 0.3) is 5.91 Å². The number of aliphatic hydroxyl groups excluding tert-OH is 1. The lowest BCUT2D eigenvalue weighted by Crippen LogP contribution is -2.64. The fourth-order valence-electron chi connectivity index (χ4n) is 7.23. The number of halogens is 5. The Morgan fingerprint density at radius 3 is 2.02 bits per heavy atom. The van der Waals surface area contributed by atoms with Crippen molar-refractivity contribution in [2.75, 3.05) is 26.0 Å². The van der Waals surface area contributed by atoms with E-state index in [1.807, 2.05) is 25.7 Å². The molecule has 2 aromatic carbocycles. The van der Waals surface area contributed by atoms with Gasteiger partial charge in [0.1, 0.15) is 6.04 Å². The maximum absolute atomic E-state index is 14.2. The van der Waals surface area contributed by atoms with Gasteiger partial charge in [0.2, 0.25) is 40.9 Å². The molecule has 1 heterocycles. The number of amides is 3. The molecule has 1 aliphatic carbocycles. The van der Waals surface area contributed by atoms with E-state index < -0.39 is 97.6 Å². The van der Waals surface area contributed by atoms with E-state index >= 15 is 0 Å². The van der Waals surface area contributed by atoms with Crippen LogP contribution in [0.1, 0.15) is 72.3 Å². The molecule has 1 aliphatic heterocycles. The highest BCUT2D eigenvalue weighted by Crippen LogP contribution is 2.39. The van der Waals surface area contributed by atoms with Crippen molar-refractivity contribution in [3.63, 3.8) is 0 Å². The van der Waals surface area contributed by atoms with Crippen LogP contribution in [0.25, 0.3) is 0 Å². The third-order valence-electron chi connectivity index (χ3n) is 10.6. The van der Waals surface area contributed by atoms with E-state index in [9.17, 15) is 49.9 Å². The van der Waals surface area contributed by atoms with Crippen molar-refractivity contribution in [1.29, 1.82) is 0 Å². The number of carbonyl (C=O) groups excluding carboxylic acids is 3. The molecule has 0 radical (unpaired) electrons. The van der Waals surface area contributed by atoms with E-state index in [1.165, 1.54) is 0 Å². The van der Waals surface area contributed by atoms with Crippen LogP contribution in [0, 0.1) is 40.9 Å². The maximum atomic E-state index is 14.2. The Labute approximate surface area is 318 Å². The Bertz CT molecular complexity index is 1800. The molecule has 1 saturated heterocycles. The second-order valence-corrected chi connectivity index (χ2v) is 18.8. The summed E-state index contributed by atoms with van der Waals surface area (Å²) in [6.07, 6.45) is 4.26. The summed E-state index contributed by atoms with van der Waals surface area (Å²) in [7, 11) is -4.16. The van der Waals surface area contributed by atoms with Gasteiger partial charge in [-0.05, 0) is 71.3 Å². The van der Waals surface area contributed by atoms with Crippen LogP contribution >= 0.6 is 0 Å². The quantitative estimate of drug-likeness (QED) is 0.127. The Morgan fingerprint density at radius 1 is 0.891 bits per heavy atom. The molecule has 55 heavy (non-hydrogen) atoms. The van der Waals surface area contributed by atoms with Gasteiger partial charge in [-0.25, -0.2) is 21.6 Å². The standard InChI is InChI=1S/C38H51F5N4O7S/c1-37(2,3)46-35(50)25-17-22-14-10-11-15-23(22)18-47(25)19-26(48)24(16-21-12-8-7-9-13-21)44-36(51)34(38(4,5)55(6,52)53)45-27(49)20-54-33-31(42)29(40)28(39)30(41)32(33)43/h7-9,12-13,22-26,34,48H,10-11,14-20H2,1-6H3,(H,44,51)(H,45,49)(H,46,50). The summed E-state index contributed by atoms with van der Waals surface area (Å²) >= 11 is 0. The Balaban J connectivity index is 1.61. The number of ether oxygens (including phenoxy) is 1. The van der Waals surface area contributed by atoms with Gasteiger partial charge in [0.05, 0.1) is 22.9 Å². The summed E-state index contributed by atoms with van der Waals surface area (Å²) in [4.78, 5) is 42.7. The smallest absolute Gasteiger partial charge is 0.258 e. The molecule has 6 atom stereocenters. The zero-order chi connectivity index (χ0) is 41.0. The van der Waals surface area contributed by atoms with Crippen LogP contribution < -0.4 is 20.7 Å². The third-order valence-corrected chi connectivity index (χ3v) is 12.7. The number of likely N-dealkylation sites (tertiary alicyclic amines) is 1. The molecule has 306 valence electrons. The number of benzene rings is 2. The SMILES string of the molecule is CC(C)(C)NC(=O)C1CC2CCCCC2CN1CC(O)C(Cc1ccccc1)NC(=O)C(NC(=O)COc1c(F)c(F)c(F)c(F)c1F)C(C)(C)S(C)(=O)=O. The van der Waals surface area contributed by atoms with E-state index in [4.69, 9.17) is 0 Å². The van der Waals surface area contributed by atoms with Crippen molar-refractivity contribution >= 4 is 27.6 Å². The summed E-state index contributed by atoms with van der Waals surface area (Å²) in [5, 5.41) is 19.8. The van der Waals surface area contributed by atoms with E-state index in [0.717, 1.165) is 45.8 Å². The molecule has 2 fully saturated rings. The summed E-state index contributed by atoms with van der Waals surface area (Å²) in [6, 6.07) is 5.23. The summed E-state index contributed by atoms with van der Waals surface area (Å²) in [5.41, 5.74) is 0.179. The first-order valence-corrected chi connectivity index (χ1v) is 20.1. The van der Waals surface area contributed by atoms with Crippen molar-refractivity contribution in [3.8, 4) is 5.75 Å². The van der Waals surface area contributed by atoms with Crippen molar-refractivity contribution in [2.45, 2.75) is 108 Å². The average Bonchev–Trinajstić information content (AvgIpc) is 3.10. The predicted octanol–water partition coefficient (Wildman–Crippen LogP) is 3.95. The van der Waals surface area contributed by atoms with Crippen molar-refractivity contribution in [3.05, 3.63) is 65.0 Å². The normalized spacial score (nSPS) is 21.1.